The van der Waals surface area contributed by atoms with E-state index in [-0.39, 0.29) is 0 Å². The highest BCUT2D eigenvalue weighted by atomic mass is 15.1. The van der Waals surface area contributed by atoms with Crippen molar-refractivity contribution in [2.45, 2.75) is 0 Å². The Kier molecular flexibility index (Phi) is 9.25. The van der Waals surface area contributed by atoms with Gasteiger partial charge in [-0.2, -0.15) is 0 Å². The first kappa shape index (κ1) is 39.9. The van der Waals surface area contributed by atoms with E-state index < -0.39 is 0 Å². The number of para-hydroxylation sites is 2. The average Bonchev–Trinajstić information content (AvgIpc) is 3.79. The van der Waals surface area contributed by atoms with Crippen molar-refractivity contribution < 1.29 is 0 Å². The lowest BCUT2D eigenvalue weighted by Gasteiger charge is -2.27. The number of benzene rings is 13. The van der Waals surface area contributed by atoms with E-state index in [4.69, 9.17) is 0 Å². The molecule has 0 atom stereocenters. The summed E-state index contributed by atoms with van der Waals surface area (Å²) in [5.74, 6) is 0. The van der Waals surface area contributed by atoms with E-state index in [2.05, 4.69) is 276 Å². The molecule has 14 aromatic rings. The Bertz CT molecular complexity index is 4170. The van der Waals surface area contributed by atoms with E-state index in [0.717, 1.165) is 28.3 Å². The molecule has 0 aliphatic heterocycles. The topological polar surface area (TPSA) is 8.17 Å². The Balaban J connectivity index is 0.957. The van der Waals surface area contributed by atoms with Crippen LogP contribution in [-0.4, -0.2) is 4.57 Å². The standard InChI is InChI=1S/C68H44N2/c1-2-21-51(22-3-1)70-66-32-15-14-31-62(66)67-65(44-50-19-6-9-26-57(50)68(67)70)47-20-16-23-54(41-47)69(52-37-33-45(34-38-52)63-42-48-17-4-7-24-55(48)58-27-10-12-29-60(58)63)53-39-35-46(36-40-53)64-43-49-18-5-8-25-56(49)59-28-11-13-30-61(59)64/h1-44H. The fourth-order valence-corrected chi connectivity index (χ4v) is 11.3. The Morgan fingerprint density at radius 1 is 0.257 bits per heavy atom. The monoisotopic (exact) mass is 888 g/mol. The SMILES string of the molecule is c1ccc(-n2c3ccccc3c3c(-c4cccc(N(c5ccc(-c6cc7ccccc7c7ccccc67)cc5)c5ccc(-c6cc7ccccc7c7ccccc67)cc5)c4)cc4ccccc4c32)cc1. The first-order chi connectivity index (χ1) is 34.7. The molecule has 13 aromatic carbocycles. The van der Waals surface area contributed by atoms with Gasteiger partial charge in [0.15, 0.2) is 0 Å². The normalized spacial score (nSPS) is 11.7. The smallest absolute Gasteiger partial charge is 0.0625 e. The summed E-state index contributed by atoms with van der Waals surface area (Å²) in [4.78, 5) is 2.42. The molecule has 0 spiro atoms. The molecular formula is C68H44N2. The van der Waals surface area contributed by atoms with E-state index in [9.17, 15) is 0 Å². The number of aromatic nitrogens is 1. The van der Waals surface area contributed by atoms with Gasteiger partial charge in [0.2, 0.25) is 0 Å². The van der Waals surface area contributed by atoms with Crippen molar-refractivity contribution in [2.24, 2.45) is 0 Å². The lowest BCUT2D eigenvalue weighted by molar-refractivity contribution is 1.19. The van der Waals surface area contributed by atoms with Gasteiger partial charge in [0.25, 0.3) is 0 Å². The van der Waals surface area contributed by atoms with E-state index in [1.807, 2.05) is 0 Å². The van der Waals surface area contributed by atoms with Crippen LogP contribution in [0.3, 0.4) is 0 Å². The Labute approximate surface area is 406 Å². The minimum Gasteiger partial charge on any atom is -0.310 e. The fourth-order valence-electron chi connectivity index (χ4n) is 11.3. The van der Waals surface area contributed by atoms with Gasteiger partial charge in [-0.15, -0.1) is 0 Å². The summed E-state index contributed by atoms with van der Waals surface area (Å²) >= 11 is 0. The van der Waals surface area contributed by atoms with Crippen molar-refractivity contribution in [1.29, 1.82) is 0 Å². The van der Waals surface area contributed by atoms with Crippen molar-refractivity contribution >= 4 is 92.7 Å². The van der Waals surface area contributed by atoms with Crippen LogP contribution in [0.1, 0.15) is 0 Å². The molecule has 0 saturated heterocycles. The first-order valence-corrected chi connectivity index (χ1v) is 24.2. The van der Waals surface area contributed by atoms with E-state index in [0.29, 0.717) is 0 Å². The summed E-state index contributed by atoms with van der Waals surface area (Å²) in [7, 11) is 0. The number of hydrogen-bond acceptors (Lipinski definition) is 1. The summed E-state index contributed by atoms with van der Waals surface area (Å²) < 4.78 is 2.45. The third-order valence-corrected chi connectivity index (χ3v) is 14.5. The summed E-state index contributed by atoms with van der Waals surface area (Å²) in [5.41, 5.74) is 14.0. The molecule has 0 aliphatic carbocycles. The average molecular weight is 889 g/mol. The van der Waals surface area contributed by atoms with Crippen LogP contribution in [0, 0.1) is 0 Å². The number of nitrogens with zero attached hydrogens (tertiary/aromatic N) is 2. The minimum absolute atomic E-state index is 1.08. The van der Waals surface area contributed by atoms with Crippen LogP contribution in [0.5, 0.6) is 0 Å². The van der Waals surface area contributed by atoms with Crippen LogP contribution in [0.15, 0.2) is 267 Å². The van der Waals surface area contributed by atoms with E-state index in [1.165, 1.54) is 103 Å². The van der Waals surface area contributed by atoms with Crippen LogP contribution in [0.25, 0.3) is 115 Å². The van der Waals surface area contributed by atoms with Gasteiger partial charge in [0.05, 0.1) is 11.0 Å². The Morgan fingerprint density at radius 3 is 1.27 bits per heavy atom. The van der Waals surface area contributed by atoms with E-state index in [1.54, 1.807) is 0 Å². The lowest BCUT2D eigenvalue weighted by atomic mass is 9.93. The van der Waals surface area contributed by atoms with Crippen LogP contribution in [0.4, 0.5) is 17.1 Å². The number of anilines is 3. The van der Waals surface area contributed by atoms with Crippen LogP contribution in [0.2, 0.25) is 0 Å². The molecule has 0 unspecified atom stereocenters. The van der Waals surface area contributed by atoms with Crippen molar-refractivity contribution in [3.8, 4) is 39.1 Å². The summed E-state index contributed by atoms with van der Waals surface area (Å²) in [6.07, 6.45) is 0. The highest BCUT2D eigenvalue weighted by Gasteiger charge is 2.21. The molecule has 14 rings (SSSR count). The fraction of sp³-hybridized carbons (Fsp3) is 0. The number of fused-ring (bicyclic) bond motifs is 11. The van der Waals surface area contributed by atoms with Crippen molar-refractivity contribution in [3.05, 3.63) is 267 Å². The Morgan fingerprint density at radius 2 is 0.700 bits per heavy atom. The zero-order valence-corrected chi connectivity index (χ0v) is 38.3. The van der Waals surface area contributed by atoms with Gasteiger partial charge in [-0.1, -0.05) is 194 Å². The van der Waals surface area contributed by atoms with Crippen molar-refractivity contribution in [1.82, 2.24) is 4.57 Å². The van der Waals surface area contributed by atoms with Crippen LogP contribution >= 0.6 is 0 Å². The molecule has 0 amide bonds. The molecule has 326 valence electrons. The summed E-state index contributed by atoms with van der Waals surface area (Å²) in [5, 5.41) is 15.0. The van der Waals surface area contributed by atoms with Gasteiger partial charge in [-0.3, -0.25) is 0 Å². The van der Waals surface area contributed by atoms with Gasteiger partial charge < -0.3 is 9.47 Å². The molecule has 0 saturated carbocycles. The molecule has 0 N–H and O–H groups in total. The molecule has 2 heteroatoms. The van der Waals surface area contributed by atoms with Gasteiger partial charge in [-0.25, -0.2) is 0 Å². The van der Waals surface area contributed by atoms with Crippen molar-refractivity contribution in [3.63, 3.8) is 0 Å². The summed E-state index contributed by atoms with van der Waals surface area (Å²) in [6, 6.07) is 98.1. The van der Waals surface area contributed by atoms with Gasteiger partial charge >= 0.3 is 0 Å². The molecule has 0 fully saturated rings. The zero-order valence-electron chi connectivity index (χ0n) is 38.3. The third-order valence-electron chi connectivity index (χ3n) is 14.5. The summed E-state index contributed by atoms with van der Waals surface area (Å²) in [6.45, 7) is 0. The first-order valence-electron chi connectivity index (χ1n) is 24.2. The third kappa shape index (κ3) is 6.42. The van der Waals surface area contributed by atoms with E-state index >= 15 is 0 Å². The largest absolute Gasteiger partial charge is 0.310 e. The number of rotatable bonds is 7. The zero-order chi connectivity index (χ0) is 46.1. The van der Waals surface area contributed by atoms with Gasteiger partial charge in [0.1, 0.15) is 0 Å². The highest BCUT2D eigenvalue weighted by molar-refractivity contribution is 6.24. The lowest BCUT2D eigenvalue weighted by Crippen LogP contribution is -2.10. The highest BCUT2D eigenvalue weighted by Crippen LogP contribution is 2.46. The maximum Gasteiger partial charge on any atom is 0.0625 e. The molecule has 0 aliphatic rings. The predicted molar refractivity (Wildman–Crippen MR) is 299 cm³/mol. The maximum atomic E-state index is 2.45. The molecule has 0 bridgehead atoms. The van der Waals surface area contributed by atoms with Crippen LogP contribution < -0.4 is 4.90 Å². The van der Waals surface area contributed by atoms with Gasteiger partial charge in [-0.05, 0) is 155 Å². The molecule has 0 radical (unpaired) electrons. The molecule has 1 aromatic heterocycles. The second kappa shape index (κ2) is 16.2. The van der Waals surface area contributed by atoms with Crippen LogP contribution in [-0.2, 0) is 0 Å². The van der Waals surface area contributed by atoms with Gasteiger partial charge in [0, 0.05) is 38.9 Å². The second-order valence-electron chi connectivity index (χ2n) is 18.4. The maximum absolute atomic E-state index is 2.45. The molecule has 1 heterocycles. The molecular weight excluding hydrogens is 845 g/mol. The molecule has 70 heavy (non-hydrogen) atoms. The number of hydrogen-bond donors (Lipinski definition) is 0. The molecule has 2 nitrogen and oxygen atoms in total. The second-order valence-corrected chi connectivity index (χ2v) is 18.4. The Hall–Kier alpha value is -9.24. The predicted octanol–water partition coefficient (Wildman–Crippen LogP) is 19.0. The minimum atomic E-state index is 1.08. The quantitative estimate of drug-likeness (QED) is 0.145. The van der Waals surface area contributed by atoms with Crippen molar-refractivity contribution in [2.75, 3.05) is 4.90 Å².